The Hall–Kier alpha value is -0.610. The highest BCUT2D eigenvalue weighted by atomic mass is 16.2. The molecular weight excluding hydrogens is 238 g/mol. The normalized spacial score (nSPS) is 20.0. The first-order chi connectivity index (χ1) is 8.82. The molecule has 0 radical (unpaired) electrons. The fourth-order valence-electron chi connectivity index (χ4n) is 2.69. The molecule has 4 nitrogen and oxygen atoms in total. The molecular formula is C15H31N3O. The second-order valence-electron chi connectivity index (χ2n) is 6.53. The molecule has 1 aliphatic heterocycles. The predicted molar refractivity (Wildman–Crippen MR) is 80.2 cm³/mol. The second-order valence-corrected chi connectivity index (χ2v) is 6.53. The van der Waals surface area contributed by atoms with E-state index >= 15 is 0 Å². The van der Waals surface area contributed by atoms with Crippen LogP contribution in [-0.2, 0) is 4.79 Å². The number of amides is 1. The maximum atomic E-state index is 12.7. The standard InChI is InChI=1S/C15H31N3O/c1-11(2)14(16-12(3)4)15(19)18(6)13-7-9-17(5)10-8-13/h11-14,16H,7-10H2,1-6H3/t14-/m1/s1. The van der Waals surface area contributed by atoms with Crippen LogP contribution in [0, 0.1) is 5.92 Å². The molecule has 0 spiro atoms. The van der Waals surface area contributed by atoms with Gasteiger partial charge < -0.3 is 15.1 Å². The summed E-state index contributed by atoms with van der Waals surface area (Å²) in [5.74, 6) is 0.571. The Bertz CT molecular complexity index is 283. The molecule has 0 bridgehead atoms. The Morgan fingerprint density at radius 3 is 2.16 bits per heavy atom. The number of likely N-dealkylation sites (N-methyl/N-ethyl adjacent to an activating group) is 1. The summed E-state index contributed by atoms with van der Waals surface area (Å²) in [7, 11) is 4.12. The minimum absolute atomic E-state index is 0.0651. The number of nitrogens with zero attached hydrogens (tertiary/aromatic N) is 2. The van der Waals surface area contributed by atoms with Crippen molar-refractivity contribution in [2.75, 3.05) is 27.2 Å². The molecule has 0 aliphatic carbocycles. The largest absolute Gasteiger partial charge is 0.341 e. The molecule has 19 heavy (non-hydrogen) atoms. The van der Waals surface area contributed by atoms with Crippen LogP contribution in [0.25, 0.3) is 0 Å². The van der Waals surface area contributed by atoms with Crippen molar-refractivity contribution in [1.29, 1.82) is 0 Å². The number of piperidine rings is 1. The maximum absolute atomic E-state index is 12.7. The fourth-order valence-corrected chi connectivity index (χ4v) is 2.69. The van der Waals surface area contributed by atoms with E-state index < -0.39 is 0 Å². The van der Waals surface area contributed by atoms with Gasteiger partial charge in [-0.2, -0.15) is 0 Å². The summed E-state index contributed by atoms with van der Waals surface area (Å²) in [6.45, 7) is 10.6. The highest BCUT2D eigenvalue weighted by Crippen LogP contribution is 2.17. The lowest BCUT2D eigenvalue weighted by atomic mass is 9.98. The highest BCUT2D eigenvalue weighted by Gasteiger charge is 2.30. The Morgan fingerprint density at radius 2 is 1.74 bits per heavy atom. The summed E-state index contributed by atoms with van der Waals surface area (Å²) in [4.78, 5) is 17.0. The van der Waals surface area contributed by atoms with Gasteiger partial charge in [0, 0.05) is 19.1 Å². The Labute approximate surface area is 118 Å². The minimum Gasteiger partial charge on any atom is -0.341 e. The lowest BCUT2D eigenvalue weighted by Crippen LogP contribution is -2.54. The summed E-state index contributed by atoms with van der Waals surface area (Å²) >= 11 is 0. The molecule has 1 aliphatic rings. The summed E-state index contributed by atoms with van der Waals surface area (Å²) in [5, 5.41) is 3.41. The number of nitrogens with one attached hydrogen (secondary N) is 1. The molecule has 1 rings (SSSR count). The maximum Gasteiger partial charge on any atom is 0.239 e. The molecule has 4 heteroatoms. The van der Waals surface area contributed by atoms with Gasteiger partial charge in [0.05, 0.1) is 6.04 Å². The third-order valence-electron chi connectivity index (χ3n) is 4.03. The zero-order chi connectivity index (χ0) is 14.6. The number of likely N-dealkylation sites (tertiary alicyclic amines) is 1. The summed E-state index contributed by atoms with van der Waals surface area (Å²) < 4.78 is 0. The van der Waals surface area contributed by atoms with Crippen molar-refractivity contribution in [3.05, 3.63) is 0 Å². The number of rotatable bonds is 5. The van der Waals surface area contributed by atoms with Crippen LogP contribution >= 0.6 is 0 Å². The Morgan fingerprint density at radius 1 is 1.21 bits per heavy atom. The number of hydrogen-bond donors (Lipinski definition) is 1. The van der Waals surface area contributed by atoms with Crippen LogP contribution in [0.1, 0.15) is 40.5 Å². The van der Waals surface area contributed by atoms with Crippen LogP contribution < -0.4 is 5.32 Å². The van der Waals surface area contributed by atoms with Gasteiger partial charge in [0.1, 0.15) is 0 Å². The van der Waals surface area contributed by atoms with Gasteiger partial charge >= 0.3 is 0 Å². The van der Waals surface area contributed by atoms with Gasteiger partial charge in [-0.25, -0.2) is 0 Å². The summed E-state index contributed by atoms with van der Waals surface area (Å²) in [6.07, 6.45) is 2.18. The smallest absolute Gasteiger partial charge is 0.239 e. The molecule has 1 atom stereocenters. The highest BCUT2D eigenvalue weighted by molar-refractivity contribution is 5.82. The van der Waals surface area contributed by atoms with E-state index in [9.17, 15) is 4.79 Å². The van der Waals surface area contributed by atoms with E-state index in [-0.39, 0.29) is 11.9 Å². The summed E-state index contributed by atoms with van der Waals surface area (Å²) in [5.41, 5.74) is 0. The first kappa shape index (κ1) is 16.4. The van der Waals surface area contributed by atoms with E-state index in [2.05, 4.69) is 45.0 Å². The Kier molecular flexibility index (Phi) is 6.27. The number of carbonyl (C=O) groups excluding carboxylic acids is 1. The van der Waals surface area contributed by atoms with E-state index in [4.69, 9.17) is 0 Å². The number of carbonyl (C=O) groups is 1. The van der Waals surface area contributed by atoms with Gasteiger partial charge in [0.25, 0.3) is 0 Å². The van der Waals surface area contributed by atoms with Crippen molar-refractivity contribution in [3.63, 3.8) is 0 Å². The zero-order valence-corrected chi connectivity index (χ0v) is 13.4. The molecule has 0 saturated carbocycles. The molecule has 1 heterocycles. The van der Waals surface area contributed by atoms with Crippen molar-refractivity contribution in [2.45, 2.75) is 58.7 Å². The van der Waals surface area contributed by atoms with Gasteiger partial charge in [0.2, 0.25) is 5.91 Å². The molecule has 1 N–H and O–H groups in total. The van der Waals surface area contributed by atoms with Crippen molar-refractivity contribution in [1.82, 2.24) is 15.1 Å². The quantitative estimate of drug-likeness (QED) is 0.823. The van der Waals surface area contributed by atoms with Crippen LogP contribution in [0.5, 0.6) is 0 Å². The lowest BCUT2D eigenvalue weighted by molar-refractivity contribution is -0.136. The second kappa shape index (κ2) is 7.25. The van der Waals surface area contributed by atoms with Gasteiger partial charge in [-0.15, -0.1) is 0 Å². The van der Waals surface area contributed by atoms with E-state index in [1.165, 1.54) is 0 Å². The van der Waals surface area contributed by atoms with Gasteiger partial charge in [-0.1, -0.05) is 27.7 Å². The van der Waals surface area contributed by atoms with Crippen LogP contribution in [0.3, 0.4) is 0 Å². The third kappa shape index (κ3) is 4.77. The summed E-state index contributed by atoms with van der Waals surface area (Å²) in [6, 6.07) is 0.672. The van der Waals surface area contributed by atoms with Crippen molar-refractivity contribution in [3.8, 4) is 0 Å². The van der Waals surface area contributed by atoms with Crippen molar-refractivity contribution >= 4 is 5.91 Å². The van der Waals surface area contributed by atoms with E-state index in [1.807, 2.05) is 11.9 Å². The van der Waals surface area contributed by atoms with E-state index in [0.717, 1.165) is 25.9 Å². The van der Waals surface area contributed by atoms with Gasteiger partial charge in [-0.05, 0) is 38.9 Å². The monoisotopic (exact) mass is 269 g/mol. The van der Waals surface area contributed by atoms with Crippen molar-refractivity contribution in [2.24, 2.45) is 5.92 Å². The van der Waals surface area contributed by atoms with E-state index in [1.54, 1.807) is 0 Å². The molecule has 1 saturated heterocycles. The van der Waals surface area contributed by atoms with Crippen LogP contribution in [0.4, 0.5) is 0 Å². The first-order valence-electron chi connectivity index (χ1n) is 7.54. The zero-order valence-electron chi connectivity index (χ0n) is 13.4. The van der Waals surface area contributed by atoms with Gasteiger partial charge in [0.15, 0.2) is 0 Å². The molecule has 0 aromatic heterocycles. The van der Waals surface area contributed by atoms with Crippen LogP contribution in [-0.4, -0.2) is 61.0 Å². The molecule has 1 fully saturated rings. The first-order valence-corrected chi connectivity index (χ1v) is 7.54. The molecule has 0 unspecified atom stereocenters. The Balaban J connectivity index is 2.62. The topological polar surface area (TPSA) is 35.6 Å². The predicted octanol–water partition coefficient (Wildman–Crippen LogP) is 1.56. The molecule has 112 valence electrons. The lowest BCUT2D eigenvalue weighted by Gasteiger charge is -2.38. The molecule has 0 aromatic carbocycles. The SMILES string of the molecule is CC(C)N[C@@H](C(=O)N(C)C1CCN(C)CC1)C(C)C. The van der Waals surface area contributed by atoms with Crippen LogP contribution in [0.15, 0.2) is 0 Å². The van der Waals surface area contributed by atoms with Gasteiger partial charge in [-0.3, -0.25) is 4.79 Å². The minimum atomic E-state index is -0.0651. The average Bonchev–Trinajstić information content (AvgIpc) is 2.34. The number of hydrogen-bond acceptors (Lipinski definition) is 3. The molecule has 1 amide bonds. The van der Waals surface area contributed by atoms with Crippen molar-refractivity contribution < 1.29 is 4.79 Å². The average molecular weight is 269 g/mol. The van der Waals surface area contributed by atoms with Crippen LogP contribution in [0.2, 0.25) is 0 Å². The van der Waals surface area contributed by atoms with E-state index in [0.29, 0.717) is 18.0 Å². The third-order valence-corrected chi connectivity index (χ3v) is 4.03. The fraction of sp³-hybridized carbons (Fsp3) is 0.933. The molecule has 0 aromatic rings.